The molecule has 0 atom stereocenters. The second-order valence-corrected chi connectivity index (χ2v) is 9.01. The number of hydrogen-bond donors (Lipinski definition) is 0. The van der Waals surface area contributed by atoms with Crippen LogP contribution < -0.4 is 0 Å². The molecule has 5 rings (SSSR count). The van der Waals surface area contributed by atoms with E-state index in [1.807, 2.05) is 48.5 Å². The Labute approximate surface area is 198 Å². The van der Waals surface area contributed by atoms with Crippen molar-refractivity contribution in [1.82, 2.24) is 9.88 Å². The number of nitrogens with zero attached hydrogens (tertiary/aromatic N) is 2. The highest BCUT2D eigenvalue weighted by molar-refractivity contribution is 6.30. The van der Waals surface area contributed by atoms with Gasteiger partial charge in [-0.05, 0) is 73.1 Å². The fourth-order valence-corrected chi connectivity index (χ4v) is 4.85. The standard InChI is InChI=1S/C27H25ClN2O3/c28-20-12-10-18(11-13-20)16-19-6-5-8-22-25(21-7-1-2-9-23(21)29-26(19)22)27(32)33-17-24(31)30-14-3-4-15-30/h1-2,7,9-13,16H,3-6,8,14-15,17H2/b19-16+. The number of halogens is 1. The fourth-order valence-electron chi connectivity index (χ4n) is 4.73. The number of fused-ring (bicyclic) bond motifs is 2. The number of carbonyl (C=O) groups is 2. The topological polar surface area (TPSA) is 59.5 Å². The Morgan fingerprint density at radius 1 is 1.00 bits per heavy atom. The van der Waals surface area contributed by atoms with Crippen molar-refractivity contribution in [2.45, 2.75) is 32.1 Å². The summed E-state index contributed by atoms with van der Waals surface area (Å²) in [6.07, 6.45) is 6.66. The number of likely N-dealkylation sites (tertiary alicyclic amines) is 1. The average molecular weight is 461 g/mol. The molecule has 6 heteroatoms. The number of carbonyl (C=O) groups excluding carboxylic acids is 2. The fraction of sp³-hybridized carbons (Fsp3) is 0.296. The van der Waals surface area contributed by atoms with Gasteiger partial charge in [-0.25, -0.2) is 9.78 Å². The van der Waals surface area contributed by atoms with Crippen LogP contribution >= 0.6 is 11.6 Å². The van der Waals surface area contributed by atoms with Crippen molar-refractivity contribution in [3.05, 3.63) is 75.9 Å². The maximum atomic E-state index is 13.3. The molecule has 168 valence electrons. The Hall–Kier alpha value is -3.18. The van der Waals surface area contributed by atoms with Crippen LogP contribution in [0.4, 0.5) is 0 Å². The smallest absolute Gasteiger partial charge is 0.339 e. The Bertz CT molecular complexity index is 1240. The lowest BCUT2D eigenvalue weighted by atomic mass is 9.86. The Morgan fingerprint density at radius 3 is 2.55 bits per heavy atom. The number of amides is 1. The van der Waals surface area contributed by atoms with Crippen LogP contribution in [0.25, 0.3) is 22.6 Å². The summed E-state index contributed by atoms with van der Waals surface area (Å²) in [4.78, 5) is 32.4. The van der Waals surface area contributed by atoms with Gasteiger partial charge in [0.15, 0.2) is 6.61 Å². The highest BCUT2D eigenvalue weighted by Gasteiger charge is 2.27. The van der Waals surface area contributed by atoms with E-state index in [9.17, 15) is 9.59 Å². The maximum absolute atomic E-state index is 13.3. The summed E-state index contributed by atoms with van der Waals surface area (Å²) in [5.74, 6) is -0.582. The lowest BCUT2D eigenvalue weighted by Crippen LogP contribution is -2.32. The first kappa shape index (κ1) is 21.7. The summed E-state index contributed by atoms with van der Waals surface area (Å²) in [6.45, 7) is 1.25. The molecule has 1 aromatic heterocycles. The molecule has 2 aliphatic rings. The first-order valence-corrected chi connectivity index (χ1v) is 11.8. The molecular formula is C27H25ClN2O3. The summed E-state index contributed by atoms with van der Waals surface area (Å²) in [7, 11) is 0. The van der Waals surface area contributed by atoms with Crippen LogP contribution in [0, 0.1) is 0 Å². The summed E-state index contributed by atoms with van der Waals surface area (Å²) in [6, 6.07) is 15.3. The van der Waals surface area contributed by atoms with Crippen LogP contribution in [0.15, 0.2) is 48.5 Å². The van der Waals surface area contributed by atoms with Gasteiger partial charge in [0.05, 0.1) is 16.8 Å². The molecule has 3 aromatic rings. The van der Waals surface area contributed by atoms with Gasteiger partial charge in [-0.2, -0.15) is 0 Å². The van der Waals surface area contributed by atoms with Crippen molar-refractivity contribution < 1.29 is 14.3 Å². The molecule has 1 amide bonds. The molecule has 0 radical (unpaired) electrons. The van der Waals surface area contributed by atoms with E-state index in [-0.39, 0.29) is 12.5 Å². The summed E-state index contributed by atoms with van der Waals surface area (Å²) in [5.41, 5.74) is 5.15. The Balaban J connectivity index is 1.52. The lowest BCUT2D eigenvalue weighted by molar-refractivity contribution is -0.133. The molecule has 33 heavy (non-hydrogen) atoms. The van der Waals surface area contributed by atoms with Crippen molar-refractivity contribution in [1.29, 1.82) is 0 Å². The number of pyridine rings is 1. The Morgan fingerprint density at radius 2 is 1.76 bits per heavy atom. The molecule has 0 unspecified atom stereocenters. The van der Waals surface area contributed by atoms with E-state index in [1.165, 1.54) is 0 Å². The van der Waals surface area contributed by atoms with Crippen LogP contribution in [-0.4, -0.2) is 41.5 Å². The van der Waals surface area contributed by atoms with Gasteiger partial charge >= 0.3 is 5.97 Å². The van der Waals surface area contributed by atoms with Gasteiger partial charge in [-0.1, -0.05) is 41.9 Å². The largest absolute Gasteiger partial charge is 0.452 e. The number of benzene rings is 2. The molecule has 1 fully saturated rings. The molecule has 1 aliphatic heterocycles. The summed E-state index contributed by atoms with van der Waals surface area (Å²) >= 11 is 6.04. The van der Waals surface area contributed by atoms with Gasteiger partial charge in [0.2, 0.25) is 0 Å². The molecule has 0 saturated carbocycles. The van der Waals surface area contributed by atoms with E-state index in [0.29, 0.717) is 10.6 Å². The zero-order valence-corrected chi connectivity index (χ0v) is 19.1. The highest BCUT2D eigenvalue weighted by atomic mass is 35.5. The summed E-state index contributed by atoms with van der Waals surface area (Å²) < 4.78 is 5.55. The Kier molecular flexibility index (Phi) is 6.14. The van der Waals surface area contributed by atoms with Crippen molar-refractivity contribution >= 4 is 46.0 Å². The van der Waals surface area contributed by atoms with E-state index in [1.54, 1.807) is 4.90 Å². The molecule has 0 spiro atoms. The SMILES string of the molecule is O=C(OCC(=O)N1CCCC1)c1c2c(nc3ccccc13)/C(=C/c1ccc(Cl)cc1)CCC2. The zero-order chi connectivity index (χ0) is 22.8. The predicted octanol–water partition coefficient (Wildman–Crippen LogP) is 5.54. The highest BCUT2D eigenvalue weighted by Crippen LogP contribution is 2.36. The molecule has 5 nitrogen and oxygen atoms in total. The van der Waals surface area contributed by atoms with Crippen LogP contribution in [0.3, 0.4) is 0 Å². The summed E-state index contributed by atoms with van der Waals surface area (Å²) in [5, 5.41) is 1.46. The van der Waals surface area contributed by atoms with Crippen LogP contribution in [0.1, 0.15) is 52.9 Å². The number of hydrogen-bond acceptors (Lipinski definition) is 4. The molecule has 1 saturated heterocycles. The quantitative estimate of drug-likeness (QED) is 0.479. The van der Waals surface area contributed by atoms with Crippen LogP contribution in [0.5, 0.6) is 0 Å². The van der Waals surface area contributed by atoms with Crippen molar-refractivity contribution in [2.24, 2.45) is 0 Å². The molecule has 2 heterocycles. The van der Waals surface area contributed by atoms with Crippen LogP contribution in [-0.2, 0) is 16.0 Å². The number of ether oxygens (including phenoxy) is 1. The molecule has 1 aliphatic carbocycles. The molecular weight excluding hydrogens is 436 g/mol. The van der Waals surface area contributed by atoms with Gasteiger partial charge in [0, 0.05) is 23.5 Å². The van der Waals surface area contributed by atoms with Gasteiger partial charge < -0.3 is 9.64 Å². The second-order valence-electron chi connectivity index (χ2n) is 8.57. The van der Waals surface area contributed by atoms with E-state index < -0.39 is 5.97 Å². The third kappa shape index (κ3) is 4.51. The minimum atomic E-state index is -0.454. The second kappa shape index (κ2) is 9.36. The number of esters is 1. The minimum absolute atomic E-state index is 0.128. The number of aromatic nitrogens is 1. The molecule has 0 bridgehead atoms. The minimum Gasteiger partial charge on any atom is -0.452 e. The average Bonchev–Trinajstić information content (AvgIpc) is 3.38. The van der Waals surface area contributed by atoms with E-state index in [2.05, 4.69) is 6.08 Å². The van der Waals surface area contributed by atoms with Gasteiger partial charge in [-0.15, -0.1) is 0 Å². The lowest BCUT2D eigenvalue weighted by Gasteiger charge is -2.23. The normalized spacial score (nSPS) is 16.8. The third-order valence-electron chi connectivity index (χ3n) is 6.37. The molecule has 0 N–H and O–H groups in total. The van der Waals surface area contributed by atoms with E-state index in [4.69, 9.17) is 21.3 Å². The van der Waals surface area contributed by atoms with Gasteiger partial charge in [0.1, 0.15) is 0 Å². The van der Waals surface area contributed by atoms with Gasteiger partial charge in [-0.3, -0.25) is 4.79 Å². The van der Waals surface area contributed by atoms with Crippen LogP contribution in [0.2, 0.25) is 5.02 Å². The van der Waals surface area contributed by atoms with Gasteiger partial charge in [0.25, 0.3) is 5.91 Å². The third-order valence-corrected chi connectivity index (χ3v) is 6.62. The number of para-hydroxylation sites is 1. The zero-order valence-electron chi connectivity index (χ0n) is 18.4. The molecule has 2 aromatic carbocycles. The van der Waals surface area contributed by atoms with Crippen molar-refractivity contribution in [3.63, 3.8) is 0 Å². The van der Waals surface area contributed by atoms with Crippen molar-refractivity contribution in [2.75, 3.05) is 19.7 Å². The predicted molar refractivity (Wildman–Crippen MR) is 130 cm³/mol. The number of rotatable bonds is 4. The monoisotopic (exact) mass is 460 g/mol. The maximum Gasteiger partial charge on any atom is 0.339 e. The van der Waals surface area contributed by atoms with E-state index >= 15 is 0 Å². The first-order valence-electron chi connectivity index (χ1n) is 11.4. The number of allylic oxidation sites excluding steroid dienone is 1. The first-order chi connectivity index (χ1) is 16.1. The van der Waals surface area contributed by atoms with Crippen molar-refractivity contribution in [3.8, 4) is 0 Å². The van der Waals surface area contributed by atoms with E-state index in [0.717, 1.165) is 78.5 Å².